The third-order valence-electron chi connectivity index (χ3n) is 4.85. The van der Waals surface area contributed by atoms with Crippen LogP contribution in [-0.4, -0.2) is 5.91 Å². The standard InChI is InChI=1S/C28H20INO/c29-25-18-10-11-19-27(25)30(28(31)24-16-8-3-9-17-24)26(23-14-6-2-7-15-23)21-20-22-12-4-1-5-13-22/h1-19,26H. The van der Waals surface area contributed by atoms with E-state index in [0.29, 0.717) is 5.56 Å². The molecule has 0 saturated carbocycles. The minimum atomic E-state index is -0.440. The Morgan fingerprint density at radius 1 is 0.710 bits per heavy atom. The van der Waals surface area contributed by atoms with Gasteiger partial charge in [-0.15, -0.1) is 0 Å². The molecule has 3 heteroatoms. The molecule has 0 bridgehead atoms. The van der Waals surface area contributed by atoms with Crippen molar-refractivity contribution < 1.29 is 4.79 Å². The predicted molar refractivity (Wildman–Crippen MR) is 135 cm³/mol. The molecular weight excluding hydrogens is 493 g/mol. The van der Waals surface area contributed by atoms with Crippen molar-refractivity contribution in [3.05, 3.63) is 136 Å². The number of rotatable bonds is 4. The topological polar surface area (TPSA) is 20.3 Å². The molecule has 0 aliphatic heterocycles. The minimum Gasteiger partial charge on any atom is -0.289 e. The SMILES string of the molecule is O=C(c1ccccc1)N(c1ccccc1I)C(C#Cc1ccccc1)c1ccccc1. The van der Waals surface area contributed by atoms with Crippen LogP contribution in [0.2, 0.25) is 0 Å². The smallest absolute Gasteiger partial charge is 0.259 e. The first-order chi connectivity index (χ1) is 15.2. The Hall–Kier alpha value is -3.36. The minimum absolute atomic E-state index is 0.0825. The highest BCUT2D eigenvalue weighted by atomic mass is 127. The average molecular weight is 513 g/mol. The Balaban J connectivity index is 1.89. The second kappa shape index (κ2) is 10.1. The van der Waals surface area contributed by atoms with E-state index in [0.717, 1.165) is 20.4 Å². The van der Waals surface area contributed by atoms with Gasteiger partial charge in [-0.2, -0.15) is 0 Å². The molecule has 0 N–H and O–H groups in total. The highest BCUT2D eigenvalue weighted by Crippen LogP contribution is 2.32. The summed E-state index contributed by atoms with van der Waals surface area (Å²) in [5, 5.41) is 0. The number of halogens is 1. The van der Waals surface area contributed by atoms with Crippen LogP contribution < -0.4 is 4.90 Å². The van der Waals surface area contributed by atoms with Crippen LogP contribution in [0.5, 0.6) is 0 Å². The van der Waals surface area contributed by atoms with E-state index in [4.69, 9.17) is 0 Å². The lowest BCUT2D eigenvalue weighted by molar-refractivity contribution is 0.0981. The zero-order valence-electron chi connectivity index (χ0n) is 16.8. The lowest BCUT2D eigenvalue weighted by atomic mass is 10.0. The van der Waals surface area contributed by atoms with Crippen LogP contribution in [0.15, 0.2) is 115 Å². The summed E-state index contributed by atoms with van der Waals surface area (Å²) >= 11 is 2.28. The Labute approximate surface area is 196 Å². The molecule has 0 aromatic heterocycles. The van der Waals surface area contributed by atoms with Crippen molar-refractivity contribution in [3.63, 3.8) is 0 Å². The molecule has 31 heavy (non-hydrogen) atoms. The number of amides is 1. The van der Waals surface area contributed by atoms with E-state index >= 15 is 0 Å². The van der Waals surface area contributed by atoms with Gasteiger partial charge < -0.3 is 0 Å². The quantitative estimate of drug-likeness (QED) is 0.219. The van der Waals surface area contributed by atoms with Gasteiger partial charge in [0.05, 0.1) is 5.69 Å². The number of carbonyl (C=O) groups excluding carboxylic acids is 1. The van der Waals surface area contributed by atoms with Crippen molar-refractivity contribution in [1.82, 2.24) is 0 Å². The highest BCUT2D eigenvalue weighted by molar-refractivity contribution is 14.1. The third kappa shape index (κ3) is 5.04. The van der Waals surface area contributed by atoms with Crippen molar-refractivity contribution in [2.24, 2.45) is 0 Å². The molecule has 1 atom stereocenters. The summed E-state index contributed by atoms with van der Waals surface area (Å²) in [5.74, 6) is 6.57. The van der Waals surface area contributed by atoms with Gasteiger partial charge in [0.1, 0.15) is 6.04 Å². The Bertz CT molecular complexity index is 1210. The van der Waals surface area contributed by atoms with Gasteiger partial charge >= 0.3 is 0 Å². The summed E-state index contributed by atoms with van der Waals surface area (Å²) < 4.78 is 0.992. The number of para-hydroxylation sites is 1. The summed E-state index contributed by atoms with van der Waals surface area (Å²) in [6.45, 7) is 0. The fraction of sp³-hybridized carbons (Fsp3) is 0.0357. The van der Waals surface area contributed by atoms with Gasteiger partial charge in [-0.05, 0) is 64.6 Å². The van der Waals surface area contributed by atoms with Crippen molar-refractivity contribution in [2.45, 2.75) is 6.04 Å². The van der Waals surface area contributed by atoms with Crippen LogP contribution in [0.4, 0.5) is 5.69 Å². The summed E-state index contributed by atoms with van der Waals surface area (Å²) in [6, 6.07) is 36.7. The third-order valence-corrected chi connectivity index (χ3v) is 5.76. The van der Waals surface area contributed by atoms with Gasteiger partial charge in [0.15, 0.2) is 0 Å². The first kappa shape index (κ1) is 20.9. The molecule has 0 heterocycles. The van der Waals surface area contributed by atoms with E-state index in [-0.39, 0.29) is 5.91 Å². The molecule has 4 aromatic carbocycles. The van der Waals surface area contributed by atoms with Crippen LogP contribution in [0.3, 0.4) is 0 Å². The fourth-order valence-electron chi connectivity index (χ4n) is 3.34. The number of benzene rings is 4. The molecule has 1 amide bonds. The Morgan fingerprint density at radius 3 is 1.90 bits per heavy atom. The maximum atomic E-state index is 13.8. The molecule has 4 aromatic rings. The Morgan fingerprint density at radius 2 is 1.26 bits per heavy atom. The molecule has 2 nitrogen and oxygen atoms in total. The van der Waals surface area contributed by atoms with Crippen LogP contribution in [-0.2, 0) is 0 Å². The van der Waals surface area contributed by atoms with Crippen molar-refractivity contribution >= 4 is 34.2 Å². The normalized spacial score (nSPS) is 11.1. The molecular formula is C28H20INO. The van der Waals surface area contributed by atoms with Gasteiger partial charge in [-0.3, -0.25) is 9.69 Å². The predicted octanol–water partition coefficient (Wildman–Crippen LogP) is 6.73. The number of nitrogens with zero attached hydrogens (tertiary/aromatic N) is 1. The first-order valence-electron chi connectivity index (χ1n) is 9.99. The second-order valence-electron chi connectivity index (χ2n) is 6.94. The molecule has 150 valence electrons. The highest BCUT2D eigenvalue weighted by Gasteiger charge is 2.28. The van der Waals surface area contributed by atoms with E-state index in [1.807, 2.05) is 120 Å². The van der Waals surface area contributed by atoms with Gasteiger partial charge in [-0.1, -0.05) is 90.7 Å². The van der Waals surface area contributed by atoms with Crippen LogP contribution in [0.25, 0.3) is 0 Å². The van der Waals surface area contributed by atoms with Crippen LogP contribution in [0, 0.1) is 15.4 Å². The van der Waals surface area contributed by atoms with Gasteiger partial charge in [0.2, 0.25) is 0 Å². The number of carbonyl (C=O) groups is 1. The summed E-state index contributed by atoms with van der Waals surface area (Å²) in [6.07, 6.45) is 0. The molecule has 0 saturated heterocycles. The number of anilines is 1. The monoisotopic (exact) mass is 513 g/mol. The molecule has 1 unspecified atom stereocenters. The molecule has 0 radical (unpaired) electrons. The second-order valence-corrected chi connectivity index (χ2v) is 8.10. The molecule has 0 fully saturated rings. The number of hydrogen-bond acceptors (Lipinski definition) is 1. The summed E-state index contributed by atoms with van der Waals surface area (Å²) in [5.41, 5.74) is 3.35. The van der Waals surface area contributed by atoms with E-state index in [1.165, 1.54) is 0 Å². The largest absolute Gasteiger partial charge is 0.289 e. The van der Waals surface area contributed by atoms with Crippen molar-refractivity contribution in [2.75, 3.05) is 4.90 Å². The van der Waals surface area contributed by atoms with E-state index < -0.39 is 6.04 Å². The number of hydrogen-bond donors (Lipinski definition) is 0. The van der Waals surface area contributed by atoms with Crippen LogP contribution in [0.1, 0.15) is 27.5 Å². The molecule has 0 spiro atoms. The van der Waals surface area contributed by atoms with E-state index in [1.54, 1.807) is 0 Å². The van der Waals surface area contributed by atoms with Gasteiger partial charge in [-0.25, -0.2) is 0 Å². The maximum absolute atomic E-state index is 13.8. The average Bonchev–Trinajstić information content (AvgIpc) is 2.84. The van der Waals surface area contributed by atoms with E-state index in [2.05, 4.69) is 34.4 Å². The molecule has 4 rings (SSSR count). The first-order valence-corrected chi connectivity index (χ1v) is 11.1. The van der Waals surface area contributed by atoms with E-state index in [9.17, 15) is 4.79 Å². The van der Waals surface area contributed by atoms with Crippen molar-refractivity contribution in [3.8, 4) is 11.8 Å². The van der Waals surface area contributed by atoms with Crippen molar-refractivity contribution in [1.29, 1.82) is 0 Å². The molecule has 0 aliphatic carbocycles. The molecule has 0 aliphatic rings. The lowest BCUT2D eigenvalue weighted by Crippen LogP contribution is -2.35. The Kier molecular flexibility index (Phi) is 6.81. The zero-order valence-corrected chi connectivity index (χ0v) is 18.9. The maximum Gasteiger partial charge on any atom is 0.259 e. The zero-order chi connectivity index (χ0) is 21.5. The van der Waals surface area contributed by atoms with Crippen LogP contribution >= 0.6 is 22.6 Å². The summed E-state index contributed by atoms with van der Waals surface area (Å²) in [4.78, 5) is 15.6. The summed E-state index contributed by atoms with van der Waals surface area (Å²) in [7, 11) is 0. The lowest BCUT2D eigenvalue weighted by Gasteiger charge is -2.30. The fourth-order valence-corrected chi connectivity index (χ4v) is 3.99. The van der Waals surface area contributed by atoms with Gasteiger partial charge in [0.25, 0.3) is 5.91 Å². The van der Waals surface area contributed by atoms with Gasteiger partial charge in [0, 0.05) is 14.7 Å².